The second-order valence-electron chi connectivity index (χ2n) is 7.17. The Kier molecular flexibility index (Phi) is 5.76. The zero-order chi connectivity index (χ0) is 22.9. The molecule has 0 bridgehead atoms. The highest BCUT2D eigenvalue weighted by Crippen LogP contribution is 2.40. The van der Waals surface area contributed by atoms with E-state index in [-0.39, 0.29) is 10.3 Å². The summed E-state index contributed by atoms with van der Waals surface area (Å²) in [4.78, 5) is 12.9. The Balaban J connectivity index is 1.74. The minimum atomic E-state index is -4.54. The monoisotopic (exact) mass is 453 g/mol. The Bertz CT molecular complexity index is 1270. The number of hydrogen-bond donors (Lipinski definition) is 2. The molecule has 0 fully saturated rings. The lowest BCUT2D eigenvalue weighted by Crippen LogP contribution is -2.21. The third-order valence-electron chi connectivity index (χ3n) is 5.00. The van der Waals surface area contributed by atoms with E-state index in [2.05, 4.69) is 5.32 Å². The molecule has 0 saturated heterocycles. The highest BCUT2D eigenvalue weighted by molar-refractivity contribution is 7.21. The van der Waals surface area contributed by atoms with Crippen LogP contribution in [0.5, 0.6) is 5.75 Å². The zero-order valence-electron chi connectivity index (χ0n) is 16.9. The van der Waals surface area contributed by atoms with E-state index in [1.165, 1.54) is 6.07 Å². The fraction of sp³-hybridized carbons (Fsp3) is 0.0800. The van der Waals surface area contributed by atoms with E-state index >= 15 is 0 Å². The molecule has 0 aliphatic rings. The highest BCUT2D eigenvalue weighted by atomic mass is 32.1. The van der Waals surface area contributed by atoms with Gasteiger partial charge in [-0.1, -0.05) is 60.7 Å². The van der Waals surface area contributed by atoms with Crippen LogP contribution < -0.4 is 5.32 Å². The van der Waals surface area contributed by atoms with E-state index in [4.69, 9.17) is 0 Å². The average Bonchev–Trinajstić information content (AvgIpc) is 3.11. The molecule has 0 aliphatic carbocycles. The summed E-state index contributed by atoms with van der Waals surface area (Å²) in [6, 6.07) is 22.1. The van der Waals surface area contributed by atoms with E-state index in [1.54, 1.807) is 6.92 Å². The van der Waals surface area contributed by atoms with Gasteiger partial charge in [0.2, 0.25) is 0 Å². The van der Waals surface area contributed by atoms with Crippen LogP contribution >= 0.6 is 11.3 Å². The van der Waals surface area contributed by atoms with Gasteiger partial charge in [-0.05, 0) is 36.2 Å². The van der Waals surface area contributed by atoms with Crippen LogP contribution in [-0.4, -0.2) is 11.0 Å². The summed E-state index contributed by atoms with van der Waals surface area (Å²) in [6.45, 7) is 1.75. The van der Waals surface area contributed by atoms with Crippen LogP contribution in [0.1, 0.15) is 33.3 Å². The molecule has 162 valence electrons. The van der Waals surface area contributed by atoms with Gasteiger partial charge in [-0.25, -0.2) is 0 Å². The summed E-state index contributed by atoms with van der Waals surface area (Å²) < 4.78 is 39.5. The van der Waals surface area contributed by atoms with E-state index in [9.17, 15) is 23.1 Å². The first kappa shape index (κ1) is 21.6. The molecule has 0 unspecified atom stereocenters. The summed E-state index contributed by atoms with van der Waals surface area (Å²) in [5.41, 5.74) is 2.27. The van der Waals surface area contributed by atoms with Crippen LogP contribution in [0.2, 0.25) is 0 Å². The SMILES string of the molecule is CC(NC(=O)c1sc2ccc(C(F)(F)F)cc2c1O)=C(c1ccccc1)c1ccccc1. The molecule has 7 heteroatoms. The van der Waals surface area contributed by atoms with Crippen LogP contribution in [0, 0.1) is 0 Å². The molecule has 1 aromatic heterocycles. The number of alkyl halides is 3. The number of hydrogen-bond acceptors (Lipinski definition) is 3. The minimum absolute atomic E-state index is 0.00273. The van der Waals surface area contributed by atoms with E-state index in [1.807, 2.05) is 60.7 Å². The molecule has 32 heavy (non-hydrogen) atoms. The molecule has 0 saturated carbocycles. The highest BCUT2D eigenvalue weighted by Gasteiger charge is 2.31. The predicted molar refractivity (Wildman–Crippen MR) is 121 cm³/mol. The van der Waals surface area contributed by atoms with Crippen molar-refractivity contribution >= 4 is 32.9 Å². The maximum absolute atomic E-state index is 13.0. The smallest absolute Gasteiger partial charge is 0.416 e. The lowest BCUT2D eigenvalue weighted by atomic mass is 9.96. The van der Waals surface area contributed by atoms with Crippen molar-refractivity contribution in [3.05, 3.63) is 106 Å². The number of aromatic hydroxyl groups is 1. The van der Waals surface area contributed by atoms with Crippen molar-refractivity contribution in [3.8, 4) is 5.75 Å². The van der Waals surface area contributed by atoms with Crippen molar-refractivity contribution in [2.24, 2.45) is 0 Å². The van der Waals surface area contributed by atoms with Crippen LogP contribution in [0.4, 0.5) is 13.2 Å². The fourth-order valence-electron chi connectivity index (χ4n) is 3.51. The number of allylic oxidation sites excluding steroid dienone is 1. The summed E-state index contributed by atoms with van der Waals surface area (Å²) in [5.74, 6) is -1.04. The van der Waals surface area contributed by atoms with E-state index in [0.29, 0.717) is 10.4 Å². The largest absolute Gasteiger partial charge is 0.506 e. The number of carbonyl (C=O) groups excluding carboxylic acids is 1. The molecule has 0 aliphatic heterocycles. The van der Waals surface area contributed by atoms with E-state index < -0.39 is 23.4 Å². The normalized spacial score (nSPS) is 11.4. The quantitative estimate of drug-likeness (QED) is 0.356. The van der Waals surface area contributed by atoms with Gasteiger partial charge in [-0.15, -0.1) is 11.3 Å². The van der Waals surface area contributed by atoms with Gasteiger partial charge < -0.3 is 10.4 Å². The molecule has 1 heterocycles. The molecule has 0 atom stereocenters. The van der Waals surface area contributed by atoms with E-state index in [0.717, 1.165) is 40.2 Å². The number of nitrogens with one attached hydrogen (secondary N) is 1. The number of halogens is 3. The molecular formula is C25H18F3NO2S. The number of thiophene rings is 1. The first-order chi connectivity index (χ1) is 15.3. The minimum Gasteiger partial charge on any atom is -0.506 e. The number of amides is 1. The molecule has 4 rings (SSSR count). The van der Waals surface area contributed by atoms with Crippen LogP contribution in [-0.2, 0) is 6.18 Å². The number of benzene rings is 3. The molecule has 1 amide bonds. The van der Waals surface area contributed by atoms with Crippen molar-refractivity contribution in [2.75, 3.05) is 0 Å². The topological polar surface area (TPSA) is 49.3 Å². The second kappa shape index (κ2) is 8.51. The standard InChI is InChI=1S/C25H18F3NO2S/c1-15(21(16-8-4-2-5-9-16)17-10-6-3-7-11-17)29-24(31)23-22(30)19-14-18(25(26,27)28)12-13-20(19)32-23/h2-14,30H,1H3,(H,29,31). The van der Waals surface area contributed by atoms with Crippen molar-refractivity contribution in [1.29, 1.82) is 0 Å². The molecular weight excluding hydrogens is 435 g/mol. The maximum Gasteiger partial charge on any atom is 0.416 e. The Hall–Kier alpha value is -3.58. The third-order valence-corrected chi connectivity index (χ3v) is 6.16. The van der Waals surface area contributed by atoms with Crippen molar-refractivity contribution in [1.82, 2.24) is 5.32 Å². The van der Waals surface area contributed by atoms with Gasteiger partial charge in [-0.2, -0.15) is 13.2 Å². The van der Waals surface area contributed by atoms with Gasteiger partial charge >= 0.3 is 6.18 Å². The van der Waals surface area contributed by atoms with Crippen molar-refractivity contribution in [2.45, 2.75) is 13.1 Å². The first-order valence-electron chi connectivity index (χ1n) is 9.71. The number of carbonyl (C=O) groups is 1. The summed E-state index contributed by atoms with van der Waals surface area (Å²) in [7, 11) is 0. The van der Waals surface area contributed by atoms with Gasteiger partial charge in [0.25, 0.3) is 5.91 Å². The van der Waals surface area contributed by atoms with Gasteiger partial charge in [0.05, 0.1) is 5.56 Å². The third kappa shape index (κ3) is 4.24. The van der Waals surface area contributed by atoms with Gasteiger partial charge in [0, 0.05) is 21.4 Å². The first-order valence-corrected chi connectivity index (χ1v) is 10.5. The lowest BCUT2D eigenvalue weighted by molar-refractivity contribution is -0.137. The lowest BCUT2D eigenvalue weighted by Gasteiger charge is -2.14. The molecule has 0 radical (unpaired) electrons. The summed E-state index contributed by atoms with van der Waals surface area (Å²) in [6.07, 6.45) is -4.54. The Morgan fingerprint density at radius 1 is 0.906 bits per heavy atom. The second-order valence-corrected chi connectivity index (χ2v) is 8.23. The number of rotatable bonds is 4. The Morgan fingerprint density at radius 2 is 1.47 bits per heavy atom. The van der Waals surface area contributed by atoms with Crippen LogP contribution in [0.3, 0.4) is 0 Å². The zero-order valence-corrected chi connectivity index (χ0v) is 17.7. The summed E-state index contributed by atoms with van der Waals surface area (Å²) in [5, 5.41) is 13.3. The van der Waals surface area contributed by atoms with Crippen LogP contribution in [0.15, 0.2) is 84.6 Å². The molecule has 0 spiro atoms. The Morgan fingerprint density at radius 3 is 2.00 bits per heavy atom. The molecule has 4 aromatic rings. The van der Waals surface area contributed by atoms with Gasteiger partial charge in [0.1, 0.15) is 10.6 Å². The average molecular weight is 453 g/mol. The van der Waals surface area contributed by atoms with Gasteiger partial charge in [0.15, 0.2) is 0 Å². The van der Waals surface area contributed by atoms with Crippen LogP contribution in [0.25, 0.3) is 15.7 Å². The molecule has 2 N–H and O–H groups in total. The molecule has 3 nitrogen and oxygen atoms in total. The Labute approximate surface area is 186 Å². The summed E-state index contributed by atoms with van der Waals surface area (Å²) >= 11 is 0.945. The van der Waals surface area contributed by atoms with Gasteiger partial charge in [-0.3, -0.25) is 4.79 Å². The predicted octanol–water partition coefficient (Wildman–Crippen LogP) is 6.84. The number of fused-ring (bicyclic) bond motifs is 1. The molecule has 3 aromatic carbocycles. The van der Waals surface area contributed by atoms with Crippen molar-refractivity contribution in [3.63, 3.8) is 0 Å². The maximum atomic E-state index is 13.0. The van der Waals surface area contributed by atoms with Crippen molar-refractivity contribution < 1.29 is 23.1 Å². The fourth-order valence-corrected chi connectivity index (χ4v) is 4.49.